The average molecular weight is 518 g/mol. The molecule has 9 heteroatoms. The Kier molecular flexibility index (Phi) is 7.44. The molecule has 1 atom stereocenters. The van der Waals surface area contributed by atoms with Crippen LogP contribution >= 0.6 is 15.9 Å². The van der Waals surface area contributed by atoms with Gasteiger partial charge in [-0.05, 0) is 58.1 Å². The highest BCUT2D eigenvalue weighted by molar-refractivity contribution is 9.10. The molecule has 1 aromatic carbocycles. The summed E-state index contributed by atoms with van der Waals surface area (Å²) in [5.74, 6) is -2.28. The van der Waals surface area contributed by atoms with E-state index in [9.17, 15) is 19.5 Å². The van der Waals surface area contributed by atoms with Crippen LogP contribution < -0.4 is 0 Å². The van der Waals surface area contributed by atoms with Crippen molar-refractivity contribution in [3.05, 3.63) is 62.4 Å². The zero-order valence-electron chi connectivity index (χ0n) is 19.4. The molecule has 1 saturated heterocycles. The average Bonchev–Trinajstić information content (AvgIpc) is 3.19. The Bertz CT molecular complexity index is 1140. The maximum Gasteiger partial charge on any atom is 0.355 e. The number of aromatic nitrogens is 1. The lowest BCUT2D eigenvalue weighted by atomic mass is 9.94. The van der Waals surface area contributed by atoms with Crippen LogP contribution in [-0.4, -0.2) is 71.3 Å². The number of amides is 1. The Morgan fingerprint density at radius 2 is 1.97 bits per heavy atom. The third-order valence-electron chi connectivity index (χ3n) is 5.65. The van der Waals surface area contributed by atoms with E-state index < -0.39 is 23.7 Å². The first-order valence-corrected chi connectivity index (χ1v) is 11.4. The first-order chi connectivity index (χ1) is 15.6. The van der Waals surface area contributed by atoms with E-state index in [1.54, 1.807) is 20.8 Å². The number of aryl methyl sites for hydroxylation is 1. The number of aromatic amines is 1. The fourth-order valence-electron chi connectivity index (χ4n) is 4.09. The van der Waals surface area contributed by atoms with Crippen molar-refractivity contribution in [3.63, 3.8) is 0 Å². The number of likely N-dealkylation sites (N-methyl/N-ethyl adjacent to an activating group) is 1. The number of benzene rings is 1. The van der Waals surface area contributed by atoms with Crippen molar-refractivity contribution in [2.45, 2.75) is 26.8 Å². The summed E-state index contributed by atoms with van der Waals surface area (Å²) in [7, 11) is 3.77. The van der Waals surface area contributed by atoms with E-state index in [0.717, 1.165) is 4.47 Å². The molecule has 1 fully saturated rings. The summed E-state index contributed by atoms with van der Waals surface area (Å²) >= 11 is 3.45. The van der Waals surface area contributed by atoms with Crippen LogP contribution in [-0.2, 0) is 14.3 Å². The number of rotatable bonds is 7. The summed E-state index contributed by atoms with van der Waals surface area (Å²) in [6.45, 7) is 6.13. The van der Waals surface area contributed by atoms with Gasteiger partial charge in [0.25, 0.3) is 11.7 Å². The monoisotopic (exact) mass is 517 g/mol. The number of ketones is 1. The predicted octanol–water partition coefficient (Wildman–Crippen LogP) is 3.55. The van der Waals surface area contributed by atoms with E-state index in [4.69, 9.17) is 4.74 Å². The molecule has 0 radical (unpaired) electrons. The summed E-state index contributed by atoms with van der Waals surface area (Å²) in [6.07, 6.45) is 0. The number of ether oxygens (including phenoxy) is 1. The molecule has 3 rings (SSSR count). The molecule has 2 N–H and O–H groups in total. The quantitative estimate of drug-likeness (QED) is 0.252. The molecule has 1 aliphatic heterocycles. The number of H-pyrrole nitrogens is 1. The van der Waals surface area contributed by atoms with Crippen LogP contribution in [0.4, 0.5) is 0 Å². The lowest BCUT2D eigenvalue weighted by Crippen LogP contribution is -2.35. The molecule has 0 aliphatic carbocycles. The molecule has 8 nitrogen and oxygen atoms in total. The fraction of sp³-hybridized carbons (Fsp3) is 0.375. The molecule has 1 amide bonds. The van der Waals surface area contributed by atoms with Crippen molar-refractivity contribution in [2.24, 2.45) is 0 Å². The molecule has 1 aliphatic rings. The highest BCUT2D eigenvalue weighted by Gasteiger charge is 2.46. The highest BCUT2D eigenvalue weighted by Crippen LogP contribution is 2.41. The van der Waals surface area contributed by atoms with Crippen LogP contribution in [0.15, 0.2) is 34.3 Å². The van der Waals surface area contributed by atoms with E-state index >= 15 is 0 Å². The molecule has 2 aromatic rings. The smallest absolute Gasteiger partial charge is 0.355 e. The summed E-state index contributed by atoms with van der Waals surface area (Å²) in [5.41, 5.74) is 2.18. The molecular formula is C24H28BrN3O5. The van der Waals surface area contributed by atoms with Crippen LogP contribution in [0.2, 0.25) is 0 Å². The number of esters is 1. The number of halogens is 1. The van der Waals surface area contributed by atoms with Gasteiger partial charge in [-0.3, -0.25) is 9.59 Å². The number of nitrogens with zero attached hydrogens (tertiary/aromatic N) is 2. The summed E-state index contributed by atoms with van der Waals surface area (Å²) in [6, 6.07) is 6.55. The number of carbonyl (C=O) groups is 3. The van der Waals surface area contributed by atoms with Gasteiger partial charge >= 0.3 is 5.97 Å². The minimum atomic E-state index is -0.762. The number of hydrogen-bond acceptors (Lipinski definition) is 6. The standard InChI is InChI=1S/C24H28BrN3O5/c1-6-33-24(32)19-13(2)17(14(3)26-19)21(29)18-20(15-8-7-9-16(25)12-15)28(11-10-27(4)5)23(31)22(18)30/h7-9,12,20,26,29H,6,10-11H2,1-5H3/b21-18+/t20-/m0/s1. The van der Waals surface area contributed by atoms with Gasteiger partial charge < -0.3 is 24.6 Å². The zero-order valence-corrected chi connectivity index (χ0v) is 20.9. The van der Waals surface area contributed by atoms with Gasteiger partial charge in [-0.15, -0.1) is 0 Å². The van der Waals surface area contributed by atoms with Gasteiger partial charge in [-0.25, -0.2) is 4.79 Å². The summed E-state index contributed by atoms with van der Waals surface area (Å²) in [5, 5.41) is 11.4. The highest BCUT2D eigenvalue weighted by atomic mass is 79.9. The maximum atomic E-state index is 13.2. The van der Waals surface area contributed by atoms with Crippen LogP contribution in [0.1, 0.15) is 45.8 Å². The Balaban J connectivity index is 2.20. The molecule has 1 aromatic heterocycles. The molecule has 176 valence electrons. The minimum Gasteiger partial charge on any atom is -0.507 e. The van der Waals surface area contributed by atoms with Crippen molar-refractivity contribution in [1.82, 2.24) is 14.8 Å². The molecule has 0 bridgehead atoms. The van der Waals surface area contributed by atoms with E-state index in [2.05, 4.69) is 20.9 Å². The van der Waals surface area contributed by atoms with Gasteiger partial charge in [0.15, 0.2) is 0 Å². The number of carbonyl (C=O) groups excluding carboxylic acids is 3. The largest absolute Gasteiger partial charge is 0.507 e. The number of likely N-dealkylation sites (tertiary alicyclic amines) is 1. The van der Waals surface area contributed by atoms with Gasteiger partial charge in [-0.1, -0.05) is 28.1 Å². The van der Waals surface area contributed by atoms with Crippen molar-refractivity contribution in [1.29, 1.82) is 0 Å². The predicted molar refractivity (Wildman–Crippen MR) is 128 cm³/mol. The molecule has 2 heterocycles. The number of Topliss-reactive ketones (excluding diaryl/α,β-unsaturated/α-hetero) is 1. The second kappa shape index (κ2) is 9.93. The van der Waals surface area contributed by atoms with Crippen LogP contribution in [0.25, 0.3) is 5.76 Å². The van der Waals surface area contributed by atoms with Crippen LogP contribution in [0.5, 0.6) is 0 Å². The molecule has 0 unspecified atom stereocenters. The Hall–Kier alpha value is -2.91. The maximum absolute atomic E-state index is 13.2. The summed E-state index contributed by atoms with van der Waals surface area (Å²) in [4.78, 5) is 44.9. The number of aliphatic hydroxyl groups is 1. The first-order valence-electron chi connectivity index (χ1n) is 10.6. The zero-order chi connectivity index (χ0) is 24.4. The molecule has 0 saturated carbocycles. The third-order valence-corrected chi connectivity index (χ3v) is 6.14. The van der Waals surface area contributed by atoms with Crippen LogP contribution in [0.3, 0.4) is 0 Å². The van der Waals surface area contributed by atoms with Crippen molar-refractivity contribution >= 4 is 39.3 Å². The van der Waals surface area contributed by atoms with E-state index in [0.29, 0.717) is 35.5 Å². The van der Waals surface area contributed by atoms with E-state index in [-0.39, 0.29) is 23.6 Å². The van der Waals surface area contributed by atoms with Crippen molar-refractivity contribution < 1.29 is 24.2 Å². The Morgan fingerprint density at radius 1 is 1.27 bits per heavy atom. The van der Waals surface area contributed by atoms with Gasteiger partial charge in [0.1, 0.15) is 11.5 Å². The lowest BCUT2D eigenvalue weighted by Gasteiger charge is -2.26. The minimum absolute atomic E-state index is 0.00235. The molecular weight excluding hydrogens is 490 g/mol. The summed E-state index contributed by atoms with van der Waals surface area (Å²) < 4.78 is 5.88. The van der Waals surface area contributed by atoms with Gasteiger partial charge in [0.05, 0.1) is 18.2 Å². The van der Waals surface area contributed by atoms with Gasteiger partial charge in [0, 0.05) is 28.8 Å². The van der Waals surface area contributed by atoms with Crippen LogP contribution in [0, 0.1) is 13.8 Å². The van der Waals surface area contributed by atoms with Crippen molar-refractivity contribution in [2.75, 3.05) is 33.8 Å². The topological polar surface area (TPSA) is 103 Å². The normalized spacial score (nSPS) is 17.8. The Morgan fingerprint density at radius 3 is 2.58 bits per heavy atom. The second-order valence-electron chi connectivity index (χ2n) is 8.20. The fourth-order valence-corrected chi connectivity index (χ4v) is 4.51. The Labute approximate surface area is 201 Å². The van der Waals surface area contributed by atoms with Crippen molar-refractivity contribution in [3.8, 4) is 0 Å². The molecule has 33 heavy (non-hydrogen) atoms. The third kappa shape index (κ3) is 4.74. The SMILES string of the molecule is CCOC(=O)c1[nH]c(C)c(/C(O)=C2\C(=O)C(=O)N(CCN(C)C)[C@H]2c2cccc(Br)c2)c1C. The van der Waals surface area contributed by atoms with Gasteiger partial charge in [-0.2, -0.15) is 0 Å². The van der Waals surface area contributed by atoms with E-state index in [1.165, 1.54) is 4.90 Å². The van der Waals surface area contributed by atoms with Gasteiger partial charge in [0.2, 0.25) is 0 Å². The number of nitrogens with one attached hydrogen (secondary N) is 1. The molecule has 0 spiro atoms. The number of hydrogen-bond donors (Lipinski definition) is 2. The second-order valence-corrected chi connectivity index (χ2v) is 9.11. The lowest BCUT2D eigenvalue weighted by molar-refractivity contribution is -0.140. The number of aliphatic hydroxyl groups excluding tert-OH is 1. The van der Waals surface area contributed by atoms with E-state index in [1.807, 2.05) is 43.3 Å². The first kappa shape index (κ1) is 24.7.